The van der Waals surface area contributed by atoms with E-state index in [9.17, 15) is 9.18 Å². The standard InChI is InChI=1S/C17H20FN3OS3/c1-11-4-2-3-5-14(11)19-15(22)10-24-16-20-21(17(23)25-16)13-8-6-12(18)7-9-13/h6-9,11,14H,2-5,10H2,1H3,(H,19,22)/t11-,14+/m0/s1. The second kappa shape index (κ2) is 8.42. The van der Waals surface area contributed by atoms with E-state index in [0.717, 1.165) is 16.4 Å². The third-order valence-corrected chi connectivity index (χ3v) is 6.75. The van der Waals surface area contributed by atoms with E-state index in [2.05, 4.69) is 17.3 Å². The van der Waals surface area contributed by atoms with Gasteiger partial charge >= 0.3 is 0 Å². The second-order valence-electron chi connectivity index (χ2n) is 6.25. The molecular formula is C17H20FN3OS3. The van der Waals surface area contributed by atoms with Crippen LogP contribution in [0, 0.1) is 15.7 Å². The van der Waals surface area contributed by atoms with Crippen LogP contribution in [0.2, 0.25) is 0 Å². The molecule has 3 rings (SSSR count). The van der Waals surface area contributed by atoms with Crippen molar-refractivity contribution in [1.29, 1.82) is 0 Å². The summed E-state index contributed by atoms with van der Waals surface area (Å²) in [5.41, 5.74) is 0.718. The Kier molecular flexibility index (Phi) is 6.24. The van der Waals surface area contributed by atoms with Crippen LogP contribution in [-0.4, -0.2) is 27.5 Å². The van der Waals surface area contributed by atoms with Crippen molar-refractivity contribution >= 4 is 41.2 Å². The first-order valence-electron chi connectivity index (χ1n) is 8.31. The minimum atomic E-state index is -0.297. The molecule has 0 unspecified atom stereocenters. The average Bonchev–Trinajstić information content (AvgIpc) is 2.97. The predicted octanol–water partition coefficient (Wildman–Crippen LogP) is 4.59. The summed E-state index contributed by atoms with van der Waals surface area (Å²) in [5.74, 6) is 0.615. The van der Waals surface area contributed by atoms with Crippen molar-refractivity contribution in [3.05, 3.63) is 34.0 Å². The maximum atomic E-state index is 13.0. The Labute approximate surface area is 159 Å². The van der Waals surface area contributed by atoms with Crippen molar-refractivity contribution in [3.8, 4) is 5.69 Å². The first kappa shape index (κ1) is 18.5. The highest BCUT2D eigenvalue weighted by Gasteiger charge is 2.22. The minimum Gasteiger partial charge on any atom is -0.352 e. The van der Waals surface area contributed by atoms with Crippen LogP contribution in [0.4, 0.5) is 4.39 Å². The number of carbonyl (C=O) groups excluding carboxylic acids is 1. The third-order valence-electron chi connectivity index (χ3n) is 4.39. The van der Waals surface area contributed by atoms with Gasteiger partial charge < -0.3 is 5.32 Å². The molecule has 0 bridgehead atoms. The fraction of sp³-hybridized carbons (Fsp3) is 0.471. The van der Waals surface area contributed by atoms with Crippen molar-refractivity contribution in [2.75, 3.05) is 5.75 Å². The highest BCUT2D eigenvalue weighted by atomic mass is 32.2. The van der Waals surface area contributed by atoms with Gasteiger partial charge in [-0.05, 0) is 55.2 Å². The average molecular weight is 398 g/mol. The van der Waals surface area contributed by atoms with Gasteiger partial charge in [0.15, 0.2) is 8.29 Å². The molecule has 4 nitrogen and oxygen atoms in total. The summed E-state index contributed by atoms with van der Waals surface area (Å²) >= 11 is 8.07. The van der Waals surface area contributed by atoms with Crippen LogP contribution in [-0.2, 0) is 4.79 Å². The summed E-state index contributed by atoms with van der Waals surface area (Å²) in [5, 5.41) is 7.58. The first-order valence-corrected chi connectivity index (χ1v) is 10.5. The van der Waals surface area contributed by atoms with Crippen LogP contribution in [0.5, 0.6) is 0 Å². The summed E-state index contributed by atoms with van der Waals surface area (Å²) < 4.78 is 16.0. The fourth-order valence-corrected chi connectivity index (χ4v) is 5.14. The summed E-state index contributed by atoms with van der Waals surface area (Å²) in [6.07, 6.45) is 4.69. The van der Waals surface area contributed by atoms with E-state index in [4.69, 9.17) is 12.2 Å². The number of rotatable bonds is 5. The van der Waals surface area contributed by atoms with Crippen molar-refractivity contribution in [3.63, 3.8) is 0 Å². The Morgan fingerprint density at radius 3 is 2.84 bits per heavy atom. The molecule has 0 spiro atoms. The summed E-state index contributed by atoms with van der Waals surface area (Å²) in [6.45, 7) is 2.20. The minimum absolute atomic E-state index is 0.0400. The molecule has 1 aromatic heterocycles. The van der Waals surface area contributed by atoms with E-state index in [-0.39, 0.29) is 17.8 Å². The zero-order chi connectivity index (χ0) is 17.8. The summed E-state index contributed by atoms with van der Waals surface area (Å²) in [6, 6.07) is 6.31. The highest BCUT2D eigenvalue weighted by molar-refractivity contribution is 8.01. The van der Waals surface area contributed by atoms with Gasteiger partial charge in [-0.1, -0.05) is 42.9 Å². The van der Waals surface area contributed by atoms with Gasteiger partial charge in [0.2, 0.25) is 5.91 Å². The molecule has 2 atom stereocenters. The molecule has 1 saturated carbocycles. The number of amides is 1. The van der Waals surface area contributed by atoms with E-state index in [1.165, 1.54) is 54.5 Å². The molecule has 0 saturated heterocycles. The number of halogens is 1. The molecule has 1 aliphatic carbocycles. The first-order chi connectivity index (χ1) is 12.0. The largest absolute Gasteiger partial charge is 0.352 e. The van der Waals surface area contributed by atoms with Gasteiger partial charge in [-0.2, -0.15) is 0 Å². The smallest absolute Gasteiger partial charge is 0.230 e. The summed E-state index contributed by atoms with van der Waals surface area (Å²) in [7, 11) is 0. The molecule has 134 valence electrons. The highest BCUT2D eigenvalue weighted by Crippen LogP contribution is 2.26. The lowest BCUT2D eigenvalue weighted by Gasteiger charge is -2.29. The van der Waals surface area contributed by atoms with E-state index >= 15 is 0 Å². The maximum Gasteiger partial charge on any atom is 0.230 e. The molecule has 25 heavy (non-hydrogen) atoms. The topological polar surface area (TPSA) is 46.9 Å². The van der Waals surface area contributed by atoms with Crippen molar-refractivity contribution in [2.45, 2.75) is 43.0 Å². The molecule has 8 heteroatoms. The third kappa shape index (κ3) is 4.89. The van der Waals surface area contributed by atoms with Crippen molar-refractivity contribution in [1.82, 2.24) is 15.1 Å². The van der Waals surface area contributed by atoms with Crippen molar-refractivity contribution < 1.29 is 9.18 Å². The molecule has 1 aliphatic rings. The summed E-state index contributed by atoms with van der Waals surface area (Å²) in [4.78, 5) is 12.2. The van der Waals surface area contributed by atoms with E-state index in [1.54, 1.807) is 16.8 Å². The van der Waals surface area contributed by atoms with Crippen molar-refractivity contribution in [2.24, 2.45) is 5.92 Å². The number of hydrogen-bond donors (Lipinski definition) is 1. The van der Waals surface area contributed by atoms with Crippen LogP contribution in [0.3, 0.4) is 0 Å². The van der Waals surface area contributed by atoms with Gasteiger partial charge in [0.05, 0.1) is 11.4 Å². The molecule has 2 aromatic rings. The maximum absolute atomic E-state index is 13.0. The van der Waals surface area contributed by atoms with Crippen LogP contribution in [0.15, 0.2) is 28.6 Å². The molecule has 1 aromatic carbocycles. The van der Waals surface area contributed by atoms with Gasteiger partial charge in [-0.25, -0.2) is 9.07 Å². The lowest BCUT2D eigenvalue weighted by atomic mass is 9.86. The van der Waals surface area contributed by atoms with Gasteiger partial charge in [-0.15, -0.1) is 5.10 Å². The molecule has 0 aliphatic heterocycles. The predicted molar refractivity (Wildman–Crippen MR) is 103 cm³/mol. The lowest BCUT2D eigenvalue weighted by Crippen LogP contribution is -2.41. The van der Waals surface area contributed by atoms with E-state index < -0.39 is 0 Å². The molecule has 1 amide bonds. The lowest BCUT2D eigenvalue weighted by molar-refractivity contribution is -0.119. The number of aromatic nitrogens is 2. The molecule has 0 radical (unpaired) electrons. The molecule has 1 heterocycles. The van der Waals surface area contributed by atoms with E-state index in [0.29, 0.717) is 15.6 Å². The Hall–Kier alpha value is -1.25. The number of hydrogen-bond acceptors (Lipinski definition) is 5. The van der Waals surface area contributed by atoms with Gasteiger partial charge in [-0.3, -0.25) is 4.79 Å². The molecule has 1 N–H and O–H groups in total. The number of nitrogens with one attached hydrogen (secondary N) is 1. The monoisotopic (exact) mass is 397 g/mol. The zero-order valence-electron chi connectivity index (χ0n) is 13.9. The number of nitrogens with zero attached hydrogens (tertiary/aromatic N) is 2. The van der Waals surface area contributed by atoms with Gasteiger partial charge in [0.25, 0.3) is 0 Å². The molecule has 1 fully saturated rings. The Morgan fingerprint density at radius 1 is 1.40 bits per heavy atom. The number of carbonyl (C=O) groups is 1. The van der Waals surface area contributed by atoms with Crippen LogP contribution in [0.1, 0.15) is 32.6 Å². The number of benzene rings is 1. The van der Waals surface area contributed by atoms with Crippen LogP contribution >= 0.6 is 35.3 Å². The quantitative estimate of drug-likeness (QED) is 0.592. The van der Waals surface area contributed by atoms with Gasteiger partial charge in [0.1, 0.15) is 5.82 Å². The SMILES string of the molecule is C[C@H]1CCCC[C@H]1NC(=O)CSc1nn(-c2ccc(F)cc2)c(=S)s1. The zero-order valence-corrected chi connectivity index (χ0v) is 16.4. The Morgan fingerprint density at radius 2 is 2.12 bits per heavy atom. The van der Waals surface area contributed by atoms with Gasteiger partial charge in [0, 0.05) is 6.04 Å². The van der Waals surface area contributed by atoms with Crippen LogP contribution in [0.25, 0.3) is 5.69 Å². The normalized spacial score (nSPS) is 20.4. The Bertz CT molecular complexity index is 787. The van der Waals surface area contributed by atoms with E-state index in [1.807, 2.05) is 0 Å². The Balaban J connectivity index is 1.58. The molecular weight excluding hydrogens is 377 g/mol. The number of thioether (sulfide) groups is 1. The second-order valence-corrected chi connectivity index (χ2v) is 9.09. The fourth-order valence-electron chi connectivity index (χ4n) is 2.97. The van der Waals surface area contributed by atoms with Crippen LogP contribution < -0.4 is 5.32 Å².